The van der Waals surface area contributed by atoms with Crippen molar-refractivity contribution in [3.63, 3.8) is 0 Å². The van der Waals surface area contributed by atoms with Crippen LogP contribution in [0.1, 0.15) is 45.7 Å². The van der Waals surface area contributed by atoms with Crippen molar-refractivity contribution in [3.8, 4) is 0 Å². The van der Waals surface area contributed by atoms with Crippen molar-refractivity contribution >= 4 is 11.8 Å². The highest BCUT2D eigenvalue weighted by Crippen LogP contribution is 2.35. The van der Waals surface area contributed by atoms with Crippen LogP contribution < -0.4 is 5.73 Å². The van der Waals surface area contributed by atoms with E-state index in [1.807, 2.05) is 11.8 Å². The summed E-state index contributed by atoms with van der Waals surface area (Å²) in [6.45, 7) is 14.0. The minimum Gasteiger partial charge on any atom is -0.329 e. The maximum atomic E-state index is 5.78. The first-order valence-electron chi connectivity index (χ1n) is 6.16. The van der Waals surface area contributed by atoms with Crippen molar-refractivity contribution in [2.24, 2.45) is 5.73 Å². The van der Waals surface area contributed by atoms with Crippen LogP contribution in [-0.4, -0.2) is 11.3 Å². The maximum absolute atomic E-state index is 5.78. The van der Waals surface area contributed by atoms with E-state index in [2.05, 4.69) is 59.7 Å². The molecule has 1 aromatic rings. The molecule has 0 atom stereocenters. The molecule has 0 aliphatic rings. The van der Waals surface area contributed by atoms with Gasteiger partial charge >= 0.3 is 0 Å². The topological polar surface area (TPSA) is 26.0 Å². The van der Waals surface area contributed by atoms with Crippen LogP contribution in [0.15, 0.2) is 23.1 Å². The summed E-state index contributed by atoms with van der Waals surface area (Å²) < 4.78 is 0.105. The van der Waals surface area contributed by atoms with Gasteiger partial charge in [-0.25, -0.2) is 0 Å². The Hall–Kier alpha value is -0.470. The first kappa shape index (κ1) is 14.6. The third kappa shape index (κ3) is 4.04. The van der Waals surface area contributed by atoms with Crippen LogP contribution in [0.4, 0.5) is 0 Å². The van der Waals surface area contributed by atoms with Gasteiger partial charge in [0.1, 0.15) is 0 Å². The second kappa shape index (κ2) is 5.03. The molecule has 0 fully saturated rings. The van der Waals surface area contributed by atoms with Crippen molar-refractivity contribution in [1.29, 1.82) is 0 Å². The van der Waals surface area contributed by atoms with Crippen molar-refractivity contribution in [2.75, 3.05) is 6.54 Å². The number of hydrogen-bond donors (Lipinski definition) is 1. The molecule has 1 rings (SSSR count). The molecule has 2 N–H and O–H groups in total. The third-order valence-corrected chi connectivity index (χ3v) is 4.32. The minimum atomic E-state index is 0.105. The van der Waals surface area contributed by atoms with Gasteiger partial charge in [-0.05, 0) is 43.4 Å². The van der Waals surface area contributed by atoms with Gasteiger partial charge in [-0.1, -0.05) is 32.9 Å². The van der Waals surface area contributed by atoms with Crippen molar-refractivity contribution < 1.29 is 0 Å². The highest BCUT2D eigenvalue weighted by Gasteiger charge is 2.20. The predicted octanol–water partition coefficient (Wildman–Crippen LogP) is 4.12. The van der Waals surface area contributed by atoms with E-state index in [4.69, 9.17) is 5.73 Å². The normalized spacial score (nSPS) is 12.9. The highest BCUT2D eigenvalue weighted by molar-refractivity contribution is 8.00. The zero-order chi connectivity index (χ0) is 13.3. The Bertz CT molecular complexity index is 388. The van der Waals surface area contributed by atoms with Crippen LogP contribution >= 0.6 is 11.8 Å². The molecule has 0 spiro atoms. The van der Waals surface area contributed by atoms with E-state index in [0.717, 1.165) is 0 Å². The summed E-state index contributed by atoms with van der Waals surface area (Å²) in [5.41, 5.74) is 8.75. The Balaban J connectivity index is 2.99. The average Bonchev–Trinajstić information content (AvgIpc) is 2.19. The number of hydrogen-bond acceptors (Lipinski definition) is 2. The Kier molecular flexibility index (Phi) is 4.32. The van der Waals surface area contributed by atoms with Crippen LogP contribution in [0.5, 0.6) is 0 Å². The van der Waals surface area contributed by atoms with Crippen LogP contribution in [-0.2, 0) is 5.41 Å². The first-order chi connectivity index (χ1) is 7.65. The number of aryl methyl sites for hydroxylation is 1. The molecule has 0 unspecified atom stereocenters. The van der Waals surface area contributed by atoms with Crippen LogP contribution in [0.3, 0.4) is 0 Å². The Morgan fingerprint density at radius 2 is 1.71 bits per heavy atom. The lowest BCUT2D eigenvalue weighted by Gasteiger charge is -2.25. The molecular formula is C15H25NS. The van der Waals surface area contributed by atoms with E-state index in [1.54, 1.807) is 0 Å². The Morgan fingerprint density at radius 1 is 1.12 bits per heavy atom. The molecule has 0 amide bonds. The van der Waals surface area contributed by atoms with E-state index < -0.39 is 0 Å². The maximum Gasteiger partial charge on any atom is 0.0273 e. The fraction of sp³-hybridized carbons (Fsp3) is 0.600. The van der Waals surface area contributed by atoms with Crippen molar-refractivity contribution in [3.05, 3.63) is 29.3 Å². The lowest BCUT2D eigenvalue weighted by atomic mass is 9.86. The molecule has 0 saturated heterocycles. The van der Waals surface area contributed by atoms with Gasteiger partial charge in [0.05, 0.1) is 0 Å². The molecule has 0 radical (unpaired) electrons. The molecule has 0 heterocycles. The molecule has 96 valence electrons. The van der Waals surface area contributed by atoms with Crippen molar-refractivity contribution in [2.45, 2.75) is 56.6 Å². The van der Waals surface area contributed by atoms with E-state index >= 15 is 0 Å². The molecule has 0 saturated carbocycles. The van der Waals surface area contributed by atoms with Gasteiger partial charge in [-0.15, -0.1) is 11.8 Å². The molecule has 1 aromatic carbocycles. The second-order valence-electron chi connectivity index (χ2n) is 6.30. The molecule has 0 bridgehead atoms. The zero-order valence-electron chi connectivity index (χ0n) is 11.9. The molecule has 2 heteroatoms. The van der Waals surface area contributed by atoms with E-state index in [0.29, 0.717) is 6.54 Å². The van der Waals surface area contributed by atoms with Gasteiger partial charge in [0.15, 0.2) is 0 Å². The van der Waals surface area contributed by atoms with Crippen LogP contribution in [0.25, 0.3) is 0 Å². The average molecular weight is 251 g/mol. The van der Waals surface area contributed by atoms with Gasteiger partial charge in [0, 0.05) is 16.2 Å². The van der Waals surface area contributed by atoms with Crippen LogP contribution in [0, 0.1) is 6.92 Å². The lowest BCUT2D eigenvalue weighted by Crippen LogP contribution is -2.26. The smallest absolute Gasteiger partial charge is 0.0273 e. The summed E-state index contributed by atoms with van der Waals surface area (Å²) in [5.74, 6) is 0. The monoisotopic (exact) mass is 251 g/mol. The molecule has 1 nitrogen and oxygen atoms in total. The fourth-order valence-electron chi connectivity index (χ4n) is 1.57. The van der Waals surface area contributed by atoms with Crippen molar-refractivity contribution in [1.82, 2.24) is 0 Å². The highest BCUT2D eigenvalue weighted by atomic mass is 32.2. The standard InChI is InChI=1S/C15H25NS/c1-11-9-12(14(2,3)4)7-8-13(11)17-15(5,6)10-16/h7-9H,10,16H2,1-6H3. The summed E-state index contributed by atoms with van der Waals surface area (Å²) in [5, 5.41) is 0. The number of rotatable bonds is 3. The first-order valence-corrected chi connectivity index (χ1v) is 6.97. The summed E-state index contributed by atoms with van der Waals surface area (Å²) in [6, 6.07) is 6.77. The fourth-order valence-corrected chi connectivity index (χ4v) is 2.60. The molecule has 0 aromatic heterocycles. The van der Waals surface area contributed by atoms with Gasteiger partial charge in [-0.2, -0.15) is 0 Å². The van der Waals surface area contributed by atoms with Gasteiger partial charge < -0.3 is 5.73 Å². The third-order valence-electron chi connectivity index (χ3n) is 2.92. The van der Waals surface area contributed by atoms with Gasteiger partial charge in [0.25, 0.3) is 0 Å². The number of nitrogens with two attached hydrogens (primary N) is 1. The molecule has 0 aliphatic heterocycles. The second-order valence-corrected chi connectivity index (χ2v) is 8.05. The molecule has 0 aliphatic carbocycles. The molecular weight excluding hydrogens is 226 g/mol. The Labute approximate surface area is 110 Å². The summed E-state index contributed by atoms with van der Waals surface area (Å²) in [6.07, 6.45) is 0. The SMILES string of the molecule is Cc1cc(C(C)(C)C)ccc1SC(C)(C)CN. The summed E-state index contributed by atoms with van der Waals surface area (Å²) in [4.78, 5) is 1.34. The number of benzene rings is 1. The zero-order valence-corrected chi connectivity index (χ0v) is 12.7. The van der Waals surface area contributed by atoms with Gasteiger partial charge in [-0.3, -0.25) is 0 Å². The largest absolute Gasteiger partial charge is 0.329 e. The Morgan fingerprint density at radius 3 is 2.12 bits per heavy atom. The lowest BCUT2D eigenvalue weighted by molar-refractivity contribution is 0.589. The van der Waals surface area contributed by atoms with Crippen LogP contribution in [0.2, 0.25) is 0 Å². The molecule has 17 heavy (non-hydrogen) atoms. The summed E-state index contributed by atoms with van der Waals surface area (Å²) >= 11 is 1.87. The number of thioether (sulfide) groups is 1. The quantitative estimate of drug-likeness (QED) is 0.818. The van der Waals surface area contributed by atoms with E-state index in [-0.39, 0.29) is 10.2 Å². The van der Waals surface area contributed by atoms with E-state index in [9.17, 15) is 0 Å². The van der Waals surface area contributed by atoms with E-state index in [1.165, 1.54) is 16.0 Å². The summed E-state index contributed by atoms with van der Waals surface area (Å²) in [7, 11) is 0. The van der Waals surface area contributed by atoms with Gasteiger partial charge in [0.2, 0.25) is 0 Å². The predicted molar refractivity (Wildman–Crippen MR) is 78.9 cm³/mol. The minimum absolute atomic E-state index is 0.105.